The van der Waals surface area contributed by atoms with Crippen LogP contribution in [0.5, 0.6) is 11.5 Å². The van der Waals surface area contributed by atoms with Crippen molar-refractivity contribution in [1.82, 2.24) is 9.13 Å². The molecule has 0 atom stereocenters. The molecule has 11 heteroatoms. The van der Waals surface area contributed by atoms with Gasteiger partial charge in [0.15, 0.2) is 5.69 Å². The maximum absolute atomic E-state index is 14.6. The van der Waals surface area contributed by atoms with Gasteiger partial charge in [-0.2, -0.15) is 13.2 Å². The van der Waals surface area contributed by atoms with E-state index in [1.165, 1.54) is 12.1 Å². The lowest BCUT2D eigenvalue weighted by atomic mass is 10.2. The Morgan fingerprint density at radius 2 is 1.69 bits per heavy atom. The van der Waals surface area contributed by atoms with Crippen molar-refractivity contribution in [1.29, 1.82) is 0 Å². The molecule has 2 aromatic carbocycles. The topological polar surface area (TPSA) is 57.6 Å². The maximum Gasteiger partial charge on any atom is 0.433 e. The predicted molar refractivity (Wildman–Crippen MR) is 111 cm³/mol. The van der Waals surface area contributed by atoms with Crippen LogP contribution in [0.3, 0.4) is 0 Å². The van der Waals surface area contributed by atoms with E-state index < -0.39 is 39.6 Å². The fourth-order valence-corrected chi connectivity index (χ4v) is 3.01. The largest absolute Gasteiger partial charge is 0.468 e. The summed E-state index contributed by atoms with van der Waals surface area (Å²) in [5.41, 5.74) is -5.68. The predicted octanol–water partition coefficient (Wildman–Crippen LogP) is 5.72. The minimum Gasteiger partial charge on any atom is -0.468 e. The zero-order valence-electron chi connectivity index (χ0n) is 17.0. The molecule has 0 fully saturated rings. The Morgan fingerprint density at radius 1 is 1.09 bits per heavy atom. The van der Waals surface area contributed by atoms with Gasteiger partial charge in [0.2, 0.25) is 5.69 Å². The lowest BCUT2D eigenvalue weighted by molar-refractivity contribution is -0.143. The van der Waals surface area contributed by atoms with E-state index in [0.29, 0.717) is 6.07 Å². The van der Waals surface area contributed by atoms with E-state index in [1.807, 2.05) is 13.8 Å². The second-order valence-corrected chi connectivity index (χ2v) is 6.32. The van der Waals surface area contributed by atoms with Crippen LogP contribution >= 0.6 is 11.6 Å². The van der Waals surface area contributed by atoms with Crippen molar-refractivity contribution >= 4 is 17.3 Å². The normalized spacial score (nSPS) is 10.7. The number of halogens is 5. The van der Waals surface area contributed by atoms with Gasteiger partial charge in [-0.3, -0.25) is 9.36 Å². The van der Waals surface area contributed by atoms with Gasteiger partial charge < -0.3 is 4.74 Å². The van der Waals surface area contributed by atoms with E-state index >= 15 is 0 Å². The van der Waals surface area contributed by atoms with Crippen molar-refractivity contribution in [3.8, 4) is 17.2 Å². The smallest absolute Gasteiger partial charge is 0.433 e. The number of alkyl halides is 3. The molecule has 32 heavy (non-hydrogen) atoms. The molecule has 0 aliphatic heterocycles. The Morgan fingerprint density at radius 3 is 2.22 bits per heavy atom. The standard InChI is InChI=1S/C19H10ClF4N3O3.C2H6/c1-25-12-8-11(21)13(9-14(12)30-10-6-4-3-5-7-10)27-17(28)15(20)16(19(22,23)24)26(2)18(27)29;1-2/h3-9H,2H3;1-2H3. The lowest BCUT2D eigenvalue weighted by Crippen LogP contribution is -2.42. The summed E-state index contributed by atoms with van der Waals surface area (Å²) in [5, 5.41) is -1.30. The van der Waals surface area contributed by atoms with E-state index in [9.17, 15) is 27.2 Å². The van der Waals surface area contributed by atoms with Crippen LogP contribution in [-0.2, 0) is 13.2 Å². The first-order valence-electron chi connectivity index (χ1n) is 9.09. The monoisotopic (exact) mass is 469 g/mol. The van der Waals surface area contributed by atoms with Crippen LogP contribution in [-0.4, -0.2) is 9.13 Å². The van der Waals surface area contributed by atoms with Crippen molar-refractivity contribution in [2.75, 3.05) is 0 Å². The van der Waals surface area contributed by atoms with Gasteiger partial charge >= 0.3 is 11.9 Å². The minimum atomic E-state index is -5.09. The SMILES string of the molecule is CC.[C-]#[N+]c1cc(F)c(-n2c(=O)c(Cl)c(C(F)(F)F)n(C)c2=O)cc1Oc1ccccc1. The van der Waals surface area contributed by atoms with Gasteiger partial charge in [0.1, 0.15) is 22.3 Å². The van der Waals surface area contributed by atoms with Gasteiger partial charge in [-0.05, 0) is 24.3 Å². The first-order valence-corrected chi connectivity index (χ1v) is 9.47. The van der Waals surface area contributed by atoms with Gasteiger partial charge in [-0.15, -0.1) is 0 Å². The summed E-state index contributed by atoms with van der Waals surface area (Å²) < 4.78 is 59.9. The van der Waals surface area contributed by atoms with E-state index in [0.717, 1.165) is 13.1 Å². The Labute approximate surface area is 184 Å². The third kappa shape index (κ3) is 4.68. The highest BCUT2D eigenvalue weighted by atomic mass is 35.5. The molecule has 0 unspecified atom stereocenters. The zero-order valence-corrected chi connectivity index (χ0v) is 17.8. The Bertz CT molecular complexity index is 1260. The summed E-state index contributed by atoms with van der Waals surface area (Å²) in [6.07, 6.45) is -5.09. The number of para-hydroxylation sites is 1. The number of ether oxygens (including phenoxy) is 1. The van der Waals surface area contributed by atoms with E-state index in [1.54, 1.807) is 18.2 Å². The first kappa shape index (κ1) is 24.7. The summed E-state index contributed by atoms with van der Waals surface area (Å²) in [7, 11) is 0.750. The van der Waals surface area contributed by atoms with Gasteiger partial charge in [-0.25, -0.2) is 18.6 Å². The molecule has 0 bridgehead atoms. The number of aromatic nitrogens is 2. The van der Waals surface area contributed by atoms with E-state index in [4.69, 9.17) is 22.9 Å². The van der Waals surface area contributed by atoms with E-state index in [2.05, 4.69) is 4.85 Å². The zero-order chi connectivity index (χ0) is 24.2. The molecule has 0 N–H and O–H groups in total. The maximum atomic E-state index is 14.6. The third-order valence-corrected chi connectivity index (χ3v) is 4.38. The van der Waals surface area contributed by atoms with Crippen molar-refractivity contribution in [2.24, 2.45) is 7.05 Å². The van der Waals surface area contributed by atoms with Crippen LogP contribution in [0.4, 0.5) is 23.2 Å². The Hall–Kier alpha value is -3.58. The average Bonchev–Trinajstić information content (AvgIpc) is 2.75. The van der Waals surface area contributed by atoms with Crippen LogP contribution in [0.15, 0.2) is 52.1 Å². The summed E-state index contributed by atoms with van der Waals surface area (Å²) in [4.78, 5) is 28.0. The molecule has 1 aromatic heterocycles. The van der Waals surface area contributed by atoms with Gasteiger partial charge in [0.05, 0.1) is 12.3 Å². The van der Waals surface area contributed by atoms with Crippen molar-refractivity contribution in [2.45, 2.75) is 20.0 Å². The van der Waals surface area contributed by atoms with Crippen LogP contribution in [0.25, 0.3) is 10.5 Å². The van der Waals surface area contributed by atoms with Gasteiger partial charge in [0, 0.05) is 7.05 Å². The molecule has 1 heterocycles. The number of nitrogens with zero attached hydrogens (tertiary/aromatic N) is 3. The van der Waals surface area contributed by atoms with Crippen LogP contribution in [0, 0.1) is 12.4 Å². The molecular formula is C21H16ClF4N3O3. The first-order chi connectivity index (χ1) is 15.1. The summed E-state index contributed by atoms with van der Waals surface area (Å²) in [6.45, 7) is 11.2. The fourth-order valence-electron chi connectivity index (χ4n) is 2.69. The molecule has 6 nitrogen and oxygen atoms in total. The third-order valence-electron chi connectivity index (χ3n) is 4.04. The fraction of sp³-hybridized carbons (Fsp3) is 0.190. The highest BCUT2D eigenvalue weighted by Gasteiger charge is 2.39. The summed E-state index contributed by atoms with van der Waals surface area (Å²) >= 11 is 5.58. The van der Waals surface area contributed by atoms with Crippen LogP contribution in [0.2, 0.25) is 5.02 Å². The van der Waals surface area contributed by atoms with Crippen molar-refractivity contribution in [3.05, 3.63) is 91.3 Å². The highest BCUT2D eigenvalue weighted by molar-refractivity contribution is 6.31. The molecule has 0 amide bonds. The Balaban J connectivity index is 0.00000176. The lowest BCUT2D eigenvalue weighted by Gasteiger charge is -2.17. The molecule has 3 rings (SSSR count). The van der Waals surface area contributed by atoms with E-state index in [-0.39, 0.29) is 26.3 Å². The molecular weight excluding hydrogens is 454 g/mol. The number of hydrogen-bond acceptors (Lipinski definition) is 3. The van der Waals surface area contributed by atoms with Crippen LogP contribution < -0.4 is 16.0 Å². The highest BCUT2D eigenvalue weighted by Crippen LogP contribution is 2.36. The van der Waals surface area contributed by atoms with Crippen molar-refractivity contribution in [3.63, 3.8) is 0 Å². The quantitative estimate of drug-likeness (QED) is 0.364. The summed E-state index contributed by atoms with van der Waals surface area (Å²) in [5.74, 6) is -1.14. The molecule has 0 radical (unpaired) electrons. The van der Waals surface area contributed by atoms with Crippen molar-refractivity contribution < 1.29 is 22.3 Å². The molecule has 3 aromatic rings. The Kier molecular flexibility index (Phi) is 7.48. The molecule has 168 valence electrons. The molecule has 0 saturated carbocycles. The molecule has 0 spiro atoms. The molecule has 0 saturated heterocycles. The molecule has 0 aliphatic rings. The number of rotatable bonds is 3. The molecule has 0 aliphatic carbocycles. The second-order valence-electron chi connectivity index (χ2n) is 5.94. The van der Waals surface area contributed by atoms with Crippen LogP contribution in [0.1, 0.15) is 19.5 Å². The van der Waals surface area contributed by atoms with Gasteiger partial charge in [-0.1, -0.05) is 43.6 Å². The number of hydrogen-bond donors (Lipinski definition) is 0. The minimum absolute atomic E-state index is 0.101. The second kappa shape index (κ2) is 9.70. The average molecular weight is 470 g/mol. The van der Waals surface area contributed by atoms with Gasteiger partial charge in [0.25, 0.3) is 5.56 Å². The summed E-state index contributed by atoms with van der Waals surface area (Å²) in [6, 6.07) is 9.63. The number of benzene rings is 2.